The van der Waals surface area contributed by atoms with Crippen LogP contribution in [0.15, 0.2) is 42.7 Å². The number of anilines is 3. The van der Waals surface area contributed by atoms with Gasteiger partial charge in [0.2, 0.25) is 5.91 Å². The minimum atomic E-state index is -0.629. The molecule has 0 bridgehead atoms. The first-order valence-electron chi connectivity index (χ1n) is 17.8. The van der Waals surface area contributed by atoms with Gasteiger partial charge in [-0.1, -0.05) is 18.6 Å². The number of nitrogens with one attached hydrogen (secondary N) is 2. The highest BCUT2D eigenvalue weighted by Gasteiger charge is 2.54. The molecule has 9 nitrogen and oxygen atoms in total. The van der Waals surface area contributed by atoms with Crippen LogP contribution in [0.25, 0.3) is 22.3 Å². The van der Waals surface area contributed by atoms with E-state index in [1.807, 2.05) is 37.5 Å². The van der Waals surface area contributed by atoms with Crippen molar-refractivity contribution in [2.24, 2.45) is 0 Å². The lowest BCUT2D eigenvalue weighted by Gasteiger charge is -2.55. The van der Waals surface area contributed by atoms with E-state index in [1.54, 1.807) is 19.3 Å². The molecule has 2 fully saturated rings. The maximum atomic E-state index is 15.5. The number of imidazole rings is 1. The van der Waals surface area contributed by atoms with Gasteiger partial charge in [-0.3, -0.25) is 14.5 Å². The number of carbonyl (C=O) groups excluding carboxylic acids is 2. The van der Waals surface area contributed by atoms with Crippen LogP contribution in [0.1, 0.15) is 101 Å². The van der Waals surface area contributed by atoms with Crippen LogP contribution >= 0.6 is 0 Å². The van der Waals surface area contributed by atoms with Crippen molar-refractivity contribution in [3.8, 4) is 11.3 Å². The van der Waals surface area contributed by atoms with E-state index in [0.717, 1.165) is 48.3 Å². The Hall–Kier alpha value is -4.31. The predicted octanol–water partition coefficient (Wildman–Crippen LogP) is 7.65. The Morgan fingerprint density at radius 2 is 1.80 bits per heavy atom. The molecular formula is C39H48FN7O2. The molecule has 4 heterocycles. The summed E-state index contributed by atoms with van der Waals surface area (Å²) in [6.45, 7) is 16.8. The van der Waals surface area contributed by atoms with Gasteiger partial charge in [-0.2, -0.15) is 0 Å². The van der Waals surface area contributed by atoms with Gasteiger partial charge in [0.15, 0.2) is 5.82 Å². The van der Waals surface area contributed by atoms with Gasteiger partial charge in [0.25, 0.3) is 5.91 Å². The second-order valence-electron chi connectivity index (χ2n) is 15.2. The lowest BCUT2D eigenvalue weighted by molar-refractivity contribution is -0.123. The molecule has 1 saturated carbocycles. The largest absolute Gasteiger partial charge is 0.352 e. The Morgan fingerprint density at radius 3 is 2.49 bits per heavy atom. The Labute approximate surface area is 288 Å². The second-order valence-corrected chi connectivity index (χ2v) is 15.2. The van der Waals surface area contributed by atoms with E-state index in [1.165, 1.54) is 25.3 Å². The van der Waals surface area contributed by atoms with Crippen LogP contribution in [0.3, 0.4) is 0 Å². The quantitative estimate of drug-likeness (QED) is 0.201. The molecule has 2 aromatic carbocycles. The molecule has 0 spiro atoms. The van der Waals surface area contributed by atoms with Crippen LogP contribution in [0, 0.1) is 12.7 Å². The summed E-state index contributed by atoms with van der Waals surface area (Å²) in [4.78, 5) is 41.3. The molecule has 1 aliphatic carbocycles. The number of likely N-dealkylation sites (tertiary alicyclic amines) is 1. The molecule has 10 heteroatoms. The van der Waals surface area contributed by atoms with Gasteiger partial charge >= 0.3 is 0 Å². The third-order valence-electron chi connectivity index (χ3n) is 11.1. The van der Waals surface area contributed by atoms with E-state index in [9.17, 15) is 9.59 Å². The molecule has 7 rings (SSSR count). The fraction of sp³-hybridized carbons (Fsp3) is 0.487. The van der Waals surface area contributed by atoms with Gasteiger partial charge < -0.3 is 20.1 Å². The zero-order valence-corrected chi connectivity index (χ0v) is 29.8. The molecule has 0 unspecified atom stereocenters. The molecule has 2 aromatic heterocycles. The number of hydrogen-bond donors (Lipinski definition) is 2. The number of fused-ring (bicyclic) bond motifs is 2. The maximum Gasteiger partial charge on any atom is 0.251 e. The van der Waals surface area contributed by atoms with Crippen LogP contribution in [-0.2, 0) is 10.2 Å². The molecule has 3 aliphatic rings. The van der Waals surface area contributed by atoms with E-state index in [2.05, 4.69) is 53.3 Å². The van der Waals surface area contributed by atoms with E-state index in [-0.39, 0.29) is 35.1 Å². The van der Waals surface area contributed by atoms with Gasteiger partial charge in [0, 0.05) is 41.0 Å². The summed E-state index contributed by atoms with van der Waals surface area (Å²) < 4.78 is 17.5. The number of amides is 2. The normalized spacial score (nSPS) is 22.0. The number of piperidine rings is 1. The number of nitrogens with zero attached hydrogens (tertiary/aromatic N) is 5. The summed E-state index contributed by atoms with van der Waals surface area (Å²) in [5.74, 6) is -0.157. The second kappa shape index (κ2) is 12.2. The van der Waals surface area contributed by atoms with Crippen molar-refractivity contribution in [3.63, 3.8) is 0 Å². The third kappa shape index (κ3) is 5.58. The summed E-state index contributed by atoms with van der Waals surface area (Å²) in [7, 11) is 0. The van der Waals surface area contributed by atoms with Crippen molar-refractivity contribution in [2.45, 2.75) is 104 Å². The Balaban J connectivity index is 1.28. The zero-order chi connectivity index (χ0) is 34.8. The zero-order valence-electron chi connectivity index (χ0n) is 29.8. The standard InChI is InChI=1S/C39H48FN7O2/c1-8-41-36(48)27-18-31(29(40)16-24(27)4)44-35-34-32(42-22-46(34)23(2)3)19-30(43-35)25-12-13-28-33(17-25)47(37(49)38(28,5)6)26-20-39(7,21-26)45-14-10-9-11-15-45/h12-13,16-19,22-23,26H,8-11,14-15,20-21H2,1-7H3,(H,41,48)(H,43,44). The van der Waals surface area contributed by atoms with Crippen molar-refractivity contribution in [1.29, 1.82) is 0 Å². The Kier molecular flexibility index (Phi) is 8.29. The van der Waals surface area contributed by atoms with Gasteiger partial charge in [-0.25, -0.2) is 14.4 Å². The maximum absolute atomic E-state index is 15.5. The van der Waals surface area contributed by atoms with Crippen LogP contribution < -0.4 is 15.5 Å². The number of halogens is 1. The van der Waals surface area contributed by atoms with E-state index < -0.39 is 11.2 Å². The Morgan fingerprint density at radius 1 is 1.06 bits per heavy atom. The van der Waals surface area contributed by atoms with E-state index in [0.29, 0.717) is 34.7 Å². The fourth-order valence-electron chi connectivity index (χ4n) is 8.22. The van der Waals surface area contributed by atoms with Crippen LogP contribution in [0.2, 0.25) is 0 Å². The minimum Gasteiger partial charge on any atom is -0.352 e. The fourth-order valence-corrected chi connectivity index (χ4v) is 8.22. The molecule has 2 N–H and O–H groups in total. The Bertz CT molecular complexity index is 1950. The van der Waals surface area contributed by atoms with Crippen molar-refractivity contribution in [3.05, 3.63) is 65.2 Å². The summed E-state index contributed by atoms with van der Waals surface area (Å²) in [5, 5.41) is 6.05. The summed E-state index contributed by atoms with van der Waals surface area (Å²) >= 11 is 0. The number of aromatic nitrogens is 3. The number of aryl methyl sites for hydroxylation is 1. The average Bonchev–Trinajstić information content (AvgIpc) is 3.58. The van der Waals surface area contributed by atoms with Crippen molar-refractivity contribution in [1.82, 2.24) is 24.8 Å². The van der Waals surface area contributed by atoms with Crippen molar-refractivity contribution >= 4 is 40.0 Å². The van der Waals surface area contributed by atoms with E-state index >= 15 is 4.39 Å². The molecule has 2 aliphatic heterocycles. The molecule has 0 radical (unpaired) electrons. The summed E-state index contributed by atoms with van der Waals surface area (Å²) in [6.07, 6.45) is 7.50. The van der Waals surface area contributed by atoms with Crippen molar-refractivity contribution < 1.29 is 14.0 Å². The number of hydrogen-bond acceptors (Lipinski definition) is 6. The predicted molar refractivity (Wildman–Crippen MR) is 193 cm³/mol. The monoisotopic (exact) mass is 665 g/mol. The van der Waals surface area contributed by atoms with Gasteiger partial charge in [-0.05, 0) is 123 Å². The molecule has 2 amide bonds. The number of carbonyl (C=O) groups is 2. The SMILES string of the molecule is CCNC(=O)c1cc(Nc2nc(-c3ccc4c(c3)N(C3CC(C)(N5CCCCC5)C3)C(=O)C4(C)C)cc3ncn(C(C)C)c23)c(F)cc1C. The molecule has 0 atom stereocenters. The van der Waals surface area contributed by atoms with Crippen molar-refractivity contribution in [2.75, 3.05) is 29.9 Å². The van der Waals surface area contributed by atoms with Crippen LogP contribution in [-0.4, -0.2) is 62.5 Å². The third-order valence-corrected chi connectivity index (χ3v) is 11.1. The number of benzene rings is 2. The molecule has 258 valence electrons. The summed E-state index contributed by atoms with van der Waals surface area (Å²) in [5.41, 5.74) is 5.53. The average molecular weight is 666 g/mol. The number of pyridine rings is 1. The van der Waals surface area contributed by atoms with Crippen LogP contribution in [0.4, 0.5) is 21.6 Å². The lowest BCUT2D eigenvalue weighted by Crippen LogP contribution is -2.64. The highest BCUT2D eigenvalue weighted by molar-refractivity contribution is 6.09. The molecular weight excluding hydrogens is 617 g/mol. The number of rotatable bonds is 8. The first-order valence-corrected chi connectivity index (χ1v) is 17.8. The molecule has 4 aromatic rings. The smallest absolute Gasteiger partial charge is 0.251 e. The van der Waals surface area contributed by atoms with Crippen LogP contribution in [0.5, 0.6) is 0 Å². The first-order chi connectivity index (χ1) is 23.3. The van der Waals surface area contributed by atoms with Gasteiger partial charge in [0.05, 0.1) is 28.6 Å². The highest BCUT2D eigenvalue weighted by Crippen LogP contribution is 2.50. The lowest BCUT2D eigenvalue weighted by atomic mass is 9.71. The highest BCUT2D eigenvalue weighted by atomic mass is 19.1. The molecule has 49 heavy (non-hydrogen) atoms. The minimum absolute atomic E-state index is 0.0758. The van der Waals surface area contributed by atoms with Gasteiger partial charge in [0.1, 0.15) is 11.3 Å². The summed E-state index contributed by atoms with van der Waals surface area (Å²) in [6, 6.07) is 11.3. The first kappa shape index (κ1) is 33.2. The topological polar surface area (TPSA) is 95.4 Å². The van der Waals surface area contributed by atoms with E-state index in [4.69, 9.17) is 9.97 Å². The molecule has 1 saturated heterocycles. The van der Waals surface area contributed by atoms with Gasteiger partial charge in [-0.15, -0.1) is 0 Å².